The number of nitrogens with zero attached hydrogens (tertiary/aromatic N) is 1. The Morgan fingerprint density at radius 2 is 1.85 bits per heavy atom. The Balaban J connectivity index is 1.61. The first-order chi connectivity index (χ1) is 12.5. The summed E-state index contributed by atoms with van der Waals surface area (Å²) in [5, 5.41) is 6.44. The van der Waals surface area contributed by atoms with Crippen LogP contribution >= 0.6 is 23.2 Å². The van der Waals surface area contributed by atoms with Crippen molar-refractivity contribution in [2.24, 2.45) is 0 Å². The molecule has 0 saturated carbocycles. The Morgan fingerprint density at radius 3 is 2.54 bits per heavy atom. The fraction of sp³-hybridized carbons (Fsp3) is 0.0526. The summed E-state index contributed by atoms with van der Waals surface area (Å²) in [6.07, 6.45) is 1.56. The molecule has 1 amide bonds. The average Bonchev–Trinajstić information content (AvgIpc) is 2.64. The Morgan fingerprint density at radius 1 is 1.04 bits per heavy atom. The minimum absolute atomic E-state index is 0.265. The van der Waals surface area contributed by atoms with Crippen LogP contribution in [0.3, 0.4) is 0 Å². The van der Waals surface area contributed by atoms with E-state index in [-0.39, 0.29) is 11.7 Å². The molecule has 0 bridgehead atoms. The minimum atomic E-state index is -0.344. The van der Waals surface area contributed by atoms with Crippen LogP contribution in [0.5, 0.6) is 0 Å². The predicted molar refractivity (Wildman–Crippen MR) is 102 cm³/mol. The van der Waals surface area contributed by atoms with Crippen LogP contribution in [0.2, 0.25) is 10.0 Å². The van der Waals surface area contributed by atoms with Crippen LogP contribution in [0.1, 0.15) is 15.9 Å². The van der Waals surface area contributed by atoms with Gasteiger partial charge in [-0.15, -0.1) is 0 Å². The molecule has 0 aliphatic heterocycles. The molecule has 0 atom stereocenters. The van der Waals surface area contributed by atoms with Crippen molar-refractivity contribution in [1.29, 1.82) is 0 Å². The highest BCUT2D eigenvalue weighted by molar-refractivity contribution is 6.42. The monoisotopic (exact) mass is 389 g/mol. The van der Waals surface area contributed by atoms with E-state index in [9.17, 15) is 9.18 Å². The third-order valence-corrected chi connectivity index (χ3v) is 4.37. The Bertz CT molecular complexity index is 932. The second kappa shape index (κ2) is 8.17. The fourth-order valence-electron chi connectivity index (χ4n) is 2.24. The zero-order chi connectivity index (χ0) is 18.5. The van der Waals surface area contributed by atoms with Crippen molar-refractivity contribution in [2.45, 2.75) is 6.54 Å². The van der Waals surface area contributed by atoms with Crippen LogP contribution < -0.4 is 10.6 Å². The third kappa shape index (κ3) is 4.50. The van der Waals surface area contributed by atoms with Gasteiger partial charge in [0.05, 0.1) is 21.9 Å². The first-order valence-electron chi connectivity index (χ1n) is 7.72. The number of pyridine rings is 1. The highest BCUT2D eigenvalue weighted by Crippen LogP contribution is 2.23. The predicted octanol–water partition coefficient (Wildman–Crippen LogP) is 5.39. The van der Waals surface area contributed by atoms with Gasteiger partial charge in [-0.25, -0.2) is 9.37 Å². The lowest BCUT2D eigenvalue weighted by Crippen LogP contribution is -2.13. The maximum absolute atomic E-state index is 13.6. The summed E-state index contributed by atoms with van der Waals surface area (Å²) in [7, 11) is 0. The minimum Gasteiger partial charge on any atom is -0.380 e. The highest BCUT2D eigenvalue weighted by atomic mass is 35.5. The van der Waals surface area contributed by atoms with Crippen LogP contribution in [0.4, 0.5) is 15.9 Å². The van der Waals surface area contributed by atoms with E-state index in [1.165, 1.54) is 12.1 Å². The summed E-state index contributed by atoms with van der Waals surface area (Å²) in [5.41, 5.74) is 1.65. The van der Waals surface area contributed by atoms with E-state index in [0.29, 0.717) is 39.2 Å². The van der Waals surface area contributed by atoms with E-state index in [1.54, 1.807) is 48.7 Å². The summed E-state index contributed by atoms with van der Waals surface area (Å²) in [4.78, 5) is 16.4. The van der Waals surface area contributed by atoms with Gasteiger partial charge in [0.2, 0.25) is 0 Å². The molecule has 0 aliphatic carbocycles. The summed E-state index contributed by atoms with van der Waals surface area (Å²) >= 11 is 11.8. The number of nitrogens with one attached hydrogen (secondary N) is 2. The second-order valence-electron chi connectivity index (χ2n) is 5.46. The molecule has 2 aromatic carbocycles. The van der Waals surface area contributed by atoms with Gasteiger partial charge in [0.25, 0.3) is 5.91 Å². The number of carbonyl (C=O) groups is 1. The van der Waals surface area contributed by atoms with Gasteiger partial charge in [-0.1, -0.05) is 41.4 Å². The first-order valence-corrected chi connectivity index (χ1v) is 8.48. The van der Waals surface area contributed by atoms with Gasteiger partial charge in [0.1, 0.15) is 11.6 Å². The molecule has 0 unspecified atom stereocenters. The number of anilines is 2. The van der Waals surface area contributed by atoms with Crippen molar-refractivity contribution < 1.29 is 9.18 Å². The number of benzene rings is 2. The largest absolute Gasteiger partial charge is 0.380 e. The lowest BCUT2D eigenvalue weighted by Gasteiger charge is -2.09. The number of aromatic nitrogens is 1. The van der Waals surface area contributed by atoms with Crippen molar-refractivity contribution in [3.8, 4) is 0 Å². The number of amides is 1. The van der Waals surface area contributed by atoms with Gasteiger partial charge in [-0.2, -0.15) is 0 Å². The molecule has 3 rings (SSSR count). The number of rotatable bonds is 5. The zero-order valence-electron chi connectivity index (χ0n) is 13.5. The molecule has 132 valence electrons. The van der Waals surface area contributed by atoms with Crippen LogP contribution in [0.25, 0.3) is 0 Å². The van der Waals surface area contributed by atoms with Crippen molar-refractivity contribution in [3.05, 3.63) is 87.8 Å². The van der Waals surface area contributed by atoms with Gasteiger partial charge in [-0.05, 0) is 36.4 Å². The molecule has 0 fully saturated rings. The first kappa shape index (κ1) is 18.2. The standard InChI is InChI=1S/C19H14Cl2FN3O/c20-15-7-5-12(9-16(15)21)19(26)25-18-8-6-14(11-24-18)23-10-13-3-1-2-4-17(13)22/h1-9,11,23H,10H2,(H,24,25,26). The van der Waals surface area contributed by atoms with Gasteiger partial charge >= 0.3 is 0 Å². The Labute approximate surface area is 160 Å². The normalized spacial score (nSPS) is 10.4. The molecule has 0 radical (unpaired) electrons. The molecule has 0 aliphatic rings. The molecule has 4 nitrogen and oxygen atoms in total. The molecule has 0 spiro atoms. The Hall–Kier alpha value is -2.63. The van der Waals surface area contributed by atoms with Gasteiger partial charge in [0, 0.05) is 17.7 Å². The fourth-order valence-corrected chi connectivity index (χ4v) is 2.54. The maximum atomic E-state index is 13.6. The van der Waals surface area contributed by atoms with E-state index in [2.05, 4.69) is 15.6 Å². The molecular formula is C19H14Cl2FN3O. The summed E-state index contributed by atoms with van der Waals surface area (Å²) < 4.78 is 13.6. The Kier molecular flexibility index (Phi) is 5.71. The van der Waals surface area contributed by atoms with Gasteiger partial charge in [-0.3, -0.25) is 4.79 Å². The zero-order valence-corrected chi connectivity index (χ0v) is 15.0. The number of carbonyl (C=O) groups excluding carboxylic acids is 1. The van der Waals surface area contributed by atoms with E-state index in [0.717, 1.165) is 0 Å². The van der Waals surface area contributed by atoms with E-state index >= 15 is 0 Å². The lowest BCUT2D eigenvalue weighted by atomic mass is 10.2. The number of hydrogen-bond donors (Lipinski definition) is 2. The van der Waals surface area contributed by atoms with Crippen LogP contribution in [-0.4, -0.2) is 10.9 Å². The van der Waals surface area contributed by atoms with Crippen LogP contribution in [0.15, 0.2) is 60.8 Å². The average molecular weight is 390 g/mol. The molecule has 1 heterocycles. The molecule has 0 saturated heterocycles. The molecule has 26 heavy (non-hydrogen) atoms. The van der Waals surface area contributed by atoms with Crippen molar-refractivity contribution in [1.82, 2.24) is 4.98 Å². The van der Waals surface area contributed by atoms with Crippen molar-refractivity contribution in [2.75, 3.05) is 10.6 Å². The molecule has 1 aromatic heterocycles. The van der Waals surface area contributed by atoms with Crippen LogP contribution in [-0.2, 0) is 6.54 Å². The maximum Gasteiger partial charge on any atom is 0.256 e. The molecule has 3 aromatic rings. The topological polar surface area (TPSA) is 54.0 Å². The lowest BCUT2D eigenvalue weighted by molar-refractivity contribution is 0.102. The van der Waals surface area contributed by atoms with E-state index in [4.69, 9.17) is 23.2 Å². The quantitative estimate of drug-likeness (QED) is 0.614. The van der Waals surface area contributed by atoms with Gasteiger partial charge < -0.3 is 10.6 Å². The van der Waals surface area contributed by atoms with Crippen LogP contribution in [0, 0.1) is 5.82 Å². The summed E-state index contributed by atoms with van der Waals surface area (Å²) in [6.45, 7) is 0.337. The number of hydrogen-bond acceptors (Lipinski definition) is 3. The van der Waals surface area contributed by atoms with Crippen molar-refractivity contribution >= 4 is 40.6 Å². The summed E-state index contributed by atoms with van der Waals surface area (Å²) in [6, 6.07) is 14.6. The SMILES string of the molecule is O=C(Nc1ccc(NCc2ccccc2F)cn1)c1ccc(Cl)c(Cl)c1. The molecule has 2 N–H and O–H groups in total. The summed E-state index contributed by atoms with van der Waals surface area (Å²) in [5.74, 6) is -0.223. The smallest absolute Gasteiger partial charge is 0.256 e. The number of halogens is 3. The molecular weight excluding hydrogens is 376 g/mol. The van der Waals surface area contributed by atoms with Gasteiger partial charge in [0.15, 0.2) is 0 Å². The third-order valence-electron chi connectivity index (χ3n) is 3.63. The van der Waals surface area contributed by atoms with E-state index < -0.39 is 0 Å². The van der Waals surface area contributed by atoms with E-state index in [1.807, 2.05) is 0 Å². The molecule has 7 heteroatoms. The van der Waals surface area contributed by atoms with Crippen molar-refractivity contribution in [3.63, 3.8) is 0 Å². The second-order valence-corrected chi connectivity index (χ2v) is 6.27. The highest BCUT2D eigenvalue weighted by Gasteiger charge is 2.09.